The number of terminal acetylenes is 1. The van der Waals surface area contributed by atoms with Crippen molar-refractivity contribution < 1.29 is 19.4 Å². The molecule has 0 aromatic carbocycles. The number of carbonyl (C=O) groups excluding carboxylic acids is 1. The highest BCUT2D eigenvalue weighted by Gasteiger charge is 2.50. The zero-order valence-corrected chi connectivity index (χ0v) is 22.0. The molecule has 3 heterocycles. The Labute approximate surface area is 218 Å². The number of hydrogen-bond acceptors (Lipinski definition) is 7. The number of nitrogen functional groups attached to an aromatic ring is 1. The van der Waals surface area contributed by atoms with E-state index in [0.29, 0.717) is 17.5 Å². The van der Waals surface area contributed by atoms with Crippen molar-refractivity contribution in [3.63, 3.8) is 0 Å². The summed E-state index contributed by atoms with van der Waals surface area (Å²) in [6.45, 7) is 1.76. The first-order valence-corrected chi connectivity index (χ1v) is 13.6. The van der Waals surface area contributed by atoms with Crippen LogP contribution in [0.15, 0.2) is 12.3 Å². The van der Waals surface area contributed by atoms with Crippen molar-refractivity contribution in [3.05, 3.63) is 17.5 Å². The van der Waals surface area contributed by atoms with Gasteiger partial charge in [-0.3, -0.25) is 4.79 Å². The van der Waals surface area contributed by atoms with E-state index in [1.807, 2.05) is 0 Å². The van der Waals surface area contributed by atoms with Crippen molar-refractivity contribution in [2.45, 2.75) is 108 Å². The summed E-state index contributed by atoms with van der Waals surface area (Å²) in [6.07, 6.45) is 19.9. The molecule has 8 nitrogen and oxygen atoms in total. The van der Waals surface area contributed by atoms with Crippen LogP contribution in [0.1, 0.15) is 96.6 Å². The Hall–Kier alpha value is -2.34. The number of aliphatic hydroxyl groups excluding tert-OH is 1. The van der Waals surface area contributed by atoms with Crippen molar-refractivity contribution in [2.75, 3.05) is 12.3 Å². The first-order chi connectivity index (χ1) is 17.4. The lowest BCUT2D eigenvalue weighted by molar-refractivity contribution is -0.158. The van der Waals surface area contributed by atoms with Gasteiger partial charge in [-0.25, -0.2) is 4.98 Å². The predicted molar refractivity (Wildman–Crippen MR) is 141 cm³/mol. The lowest BCUT2D eigenvalue weighted by Gasteiger charge is -2.26. The molecule has 1 aliphatic rings. The highest BCUT2D eigenvalue weighted by molar-refractivity contribution is 6.28. The molecule has 3 atom stereocenters. The monoisotopic (exact) mass is 518 g/mol. The van der Waals surface area contributed by atoms with E-state index >= 15 is 0 Å². The minimum atomic E-state index is -1.43. The second-order valence-corrected chi connectivity index (χ2v) is 9.94. The predicted octanol–water partition coefficient (Wildman–Crippen LogP) is 5.56. The fourth-order valence-corrected chi connectivity index (χ4v) is 4.95. The quantitative estimate of drug-likeness (QED) is 0.137. The van der Waals surface area contributed by atoms with E-state index in [-0.39, 0.29) is 23.5 Å². The molecule has 9 heteroatoms. The number of unbranched alkanes of at least 4 members (excludes halogenated alkanes) is 10. The minimum absolute atomic E-state index is 0.0123. The van der Waals surface area contributed by atoms with Crippen LogP contribution in [0.3, 0.4) is 0 Å². The van der Waals surface area contributed by atoms with E-state index in [0.717, 1.165) is 19.3 Å². The summed E-state index contributed by atoms with van der Waals surface area (Å²) < 4.78 is 13.5. The van der Waals surface area contributed by atoms with Crippen molar-refractivity contribution in [3.8, 4) is 12.3 Å². The summed E-state index contributed by atoms with van der Waals surface area (Å²) >= 11 is 5.99. The highest BCUT2D eigenvalue weighted by Crippen LogP contribution is 2.40. The lowest BCUT2D eigenvalue weighted by atomic mass is 9.98. The third-order valence-corrected chi connectivity index (χ3v) is 7.07. The largest absolute Gasteiger partial charge is 0.458 e. The van der Waals surface area contributed by atoms with Gasteiger partial charge in [0, 0.05) is 19.0 Å². The molecule has 0 spiro atoms. The van der Waals surface area contributed by atoms with Gasteiger partial charge in [-0.1, -0.05) is 77.1 Å². The van der Waals surface area contributed by atoms with Crippen molar-refractivity contribution in [1.29, 1.82) is 0 Å². The number of hydrogen-bond donors (Lipinski definition) is 2. The van der Waals surface area contributed by atoms with Gasteiger partial charge in [-0.2, -0.15) is 4.98 Å². The number of nitrogens with zero attached hydrogens (tertiary/aromatic N) is 3. The van der Waals surface area contributed by atoms with Crippen LogP contribution in [0.5, 0.6) is 0 Å². The lowest BCUT2D eigenvalue weighted by Crippen LogP contribution is -2.44. The van der Waals surface area contributed by atoms with Crippen LogP contribution in [0, 0.1) is 12.3 Å². The first-order valence-electron chi connectivity index (χ1n) is 13.2. The molecule has 0 radical (unpaired) electrons. The summed E-state index contributed by atoms with van der Waals surface area (Å²) in [6, 6.07) is 1.76. The summed E-state index contributed by atoms with van der Waals surface area (Å²) in [5.41, 5.74) is 5.00. The number of fused-ring (bicyclic) bond motifs is 1. The van der Waals surface area contributed by atoms with E-state index in [9.17, 15) is 9.90 Å². The number of carbonyl (C=O) groups is 1. The van der Waals surface area contributed by atoms with Gasteiger partial charge in [0.15, 0.2) is 5.60 Å². The molecular formula is C27H39ClN4O4. The maximum atomic E-state index is 12.6. The molecule has 0 bridgehead atoms. The molecule has 2 aromatic rings. The second-order valence-electron chi connectivity index (χ2n) is 9.60. The molecular weight excluding hydrogens is 480 g/mol. The van der Waals surface area contributed by atoms with Crippen LogP contribution < -0.4 is 5.73 Å². The normalized spacial score (nSPS) is 21.6. The van der Waals surface area contributed by atoms with Crippen molar-refractivity contribution in [2.24, 2.45) is 0 Å². The Morgan fingerprint density at radius 2 is 1.86 bits per heavy atom. The summed E-state index contributed by atoms with van der Waals surface area (Å²) in [5, 5.41) is 10.7. The van der Waals surface area contributed by atoms with E-state index in [1.165, 1.54) is 51.4 Å². The summed E-state index contributed by atoms with van der Waals surface area (Å²) in [4.78, 5) is 20.8. The molecule has 0 aliphatic carbocycles. The minimum Gasteiger partial charge on any atom is -0.458 e. The third kappa shape index (κ3) is 7.12. The average Bonchev–Trinajstić information content (AvgIpc) is 3.44. The summed E-state index contributed by atoms with van der Waals surface area (Å²) in [7, 11) is 0. The molecule has 0 unspecified atom stereocenters. The van der Waals surface area contributed by atoms with E-state index in [4.69, 9.17) is 33.2 Å². The molecule has 3 rings (SSSR count). The molecule has 1 aliphatic heterocycles. The Bertz CT molecular complexity index is 1040. The number of rotatable bonds is 15. The Morgan fingerprint density at radius 3 is 2.47 bits per heavy atom. The van der Waals surface area contributed by atoms with E-state index in [1.54, 1.807) is 16.8 Å². The summed E-state index contributed by atoms with van der Waals surface area (Å²) in [5.74, 6) is 2.43. The third-order valence-electron chi connectivity index (χ3n) is 6.90. The smallest absolute Gasteiger partial charge is 0.306 e. The van der Waals surface area contributed by atoms with Crippen LogP contribution in [0.25, 0.3) is 11.0 Å². The van der Waals surface area contributed by atoms with Gasteiger partial charge >= 0.3 is 5.97 Å². The Kier molecular flexibility index (Phi) is 10.8. The maximum Gasteiger partial charge on any atom is 0.306 e. The SMILES string of the molecule is C#C[C@]1(CO)O[C@@H](n2ccc3c(N)nc(Cl)nc32)C[C@@H]1OC(=O)CCCCCCCCCCCCC. The maximum absolute atomic E-state index is 12.6. The Morgan fingerprint density at radius 1 is 1.22 bits per heavy atom. The molecule has 36 heavy (non-hydrogen) atoms. The molecule has 1 fully saturated rings. The molecule has 198 valence electrons. The number of aromatic nitrogens is 3. The standard InChI is InChI=1S/C27H39ClN4O4/c1-3-5-6-7-8-9-10-11-12-13-14-15-23(34)35-21-18-22(36-27(21,4-2)19-33)32-17-16-20-24(29)30-26(28)31-25(20)32/h2,16-17,21-22,33H,3,5-15,18-19H2,1H3,(H2,29,30,31)/t21-,22+,27+/m0/s1. The van der Waals surface area contributed by atoms with Gasteiger partial charge < -0.3 is 24.9 Å². The van der Waals surface area contributed by atoms with Crippen LogP contribution in [-0.4, -0.2) is 43.9 Å². The number of aliphatic hydroxyl groups is 1. The number of halogens is 1. The van der Waals surface area contributed by atoms with Gasteiger partial charge in [0.2, 0.25) is 5.28 Å². The van der Waals surface area contributed by atoms with Gasteiger partial charge in [0.25, 0.3) is 0 Å². The highest BCUT2D eigenvalue weighted by atomic mass is 35.5. The molecule has 1 saturated heterocycles. The first kappa shape index (κ1) is 28.2. The van der Waals surface area contributed by atoms with Gasteiger partial charge in [-0.05, 0) is 24.1 Å². The zero-order valence-electron chi connectivity index (χ0n) is 21.3. The Balaban J connectivity index is 1.47. The van der Waals surface area contributed by atoms with Gasteiger partial charge in [-0.15, -0.1) is 6.42 Å². The molecule has 3 N–H and O–H groups in total. The van der Waals surface area contributed by atoms with Crippen LogP contribution >= 0.6 is 11.6 Å². The average molecular weight is 519 g/mol. The van der Waals surface area contributed by atoms with Gasteiger partial charge in [0.05, 0.1) is 12.0 Å². The molecule has 2 aromatic heterocycles. The van der Waals surface area contributed by atoms with Gasteiger partial charge in [0.1, 0.15) is 23.8 Å². The van der Waals surface area contributed by atoms with Crippen molar-refractivity contribution >= 4 is 34.4 Å². The second kappa shape index (κ2) is 13.8. The van der Waals surface area contributed by atoms with Crippen molar-refractivity contribution in [1.82, 2.24) is 14.5 Å². The molecule has 0 saturated carbocycles. The number of esters is 1. The number of nitrogens with two attached hydrogens (primary N) is 1. The van der Waals surface area contributed by atoms with Crippen LogP contribution in [0.2, 0.25) is 5.28 Å². The van der Waals surface area contributed by atoms with Crippen LogP contribution in [0.4, 0.5) is 5.82 Å². The number of ether oxygens (including phenoxy) is 2. The molecule has 0 amide bonds. The number of anilines is 1. The zero-order chi connectivity index (χ0) is 26.0. The topological polar surface area (TPSA) is 112 Å². The fraction of sp³-hybridized carbons (Fsp3) is 0.667. The van der Waals surface area contributed by atoms with E-state index < -0.39 is 24.5 Å². The van der Waals surface area contributed by atoms with Crippen LogP contribution in [-0.2, 0) is 14.3 Å². The fourth-order valence-electron chi connectivity index (χ4n) is 4.78. The van der Waals surface area contributed by atoms with E-state index in [2.05, 4.69) is 22.8 Å².